The predicted octanol–water partition coefficient (Wildman–Crippen LogP) is 3.51. The third-order valence-corrected chi connectivity index (χ3v) is 3.76. The van der Waals surface area contributed by atoms with E-state index in [1.165, 1.54) is 4.90 Å². The lowest BCUT2D eigenvalue weighted by atomic mass is 10.1. The van der Waals surface area contributed by atoms with Crippen molar-refractivity contribution in [2.75, 3.05) is 20.7 Å². The fourth-order valence-corrected chi connectivity index (χ4v) is 2.41. The SMILES string of the molecule is COc1cc(C(=O)N(C)CC(C)C#N)ccc1OCc1ccccc1. The van der Waals surface area contributed by atoms with E-state index in [1.807, 2.05) is 30.3 Å². The van der Waals surface area contributed by atoms with Gasteiger partial charge in [-0.3, -0.25) is 4.79 Å². The van der Waals surface area contributed by atoms with Crippen LogP contribution in [0, 0.1) is 17.2 Å². The van der Waals surface area contributed by atoms with E-state index in [9.17, 15) is 4.79 Å². The number of hydrogen-bond acceptors (Lipinski definition) is 4. The molecule has 1 atom stereocenters. The van der Waals surface area contributed by atoms with Crippen molar-refractivity contribution in [2.45, 2.75) is 13.5 Å². The molecule has 1 unspecified atom stereocenters. The van der Waals surface area contributed by atoms with E-state index in [0.717, 1.165) is 5.56 Å². The number of carbonyl (C=O) groups is 1. The number of rotatable bonds is 7. The smallest absolute Gasteiger partial charge is 0.253 e. The first-order chi connectivity index (χ1) is 12.0. The van der Waals surface area contributed by atoms with Crippen LogP contribution in [0.15, 0.2) is 48.5 Å². The molecule has 0 saturated carbocycles. The first kappa shape index (κ1) is 18.3. The first-order valence-corrected chi connectivity index (χ1v) is 8.05. The molecule has 2 aromatic rings. The summed E-state index contributed by atoms with van der Waals surface area (Å²) in [6.07, 6.45) is 0. The lowest BCUT2D eigenvalue weighted by Gasteiger charge is -2.19. The van der Waals surface area contributed by atoms with E-state index in [4.69, 9.17) is 14.7 Å². The lowest BCUT2D eigenvalue weighted by molar-refractivity contribution is 0.0784. The van der Waals surface area contributed by atoms with Crippen LogP contribution in [0.25, 0.3) is 0 Å². The second-order valence-electron chi connectivity index (χ2n) is 5.86. The molecule has 0 fully saturated rings. The van der Waals surface area contributed by atoms with Gasteiger partial charge in [0.1, 0.15) is 6.61 Å². The molecule has 0 radical (unpaired) electrons. The predicted molar refractivity (Wildman–Crippen MR) is 95.5 cm³/mol. The molecule has 0 spiro atoms. The monoisotopic (exact) mass is 338 g/mol. The molecular formula is C20H22N2O3. The van der Waals surface area contributed by atoms with E-state index in [0.29, 0.717) is 30.2 Å². The van der Waals surface area contributed by atoms with Crippen molar-refractivity contribution in [3.63, 3.8) is 0 Å². The molecule has 0 aromatic heterocycles. The minimum absolute atomic E-state index is 0.157. The van der Waals surface area contributed by atoms with Gasteiger partial charge in [-0.25, -0.2) is 0 Å². The Bertz CT molecular complexity index is 753. The van der Waals surface area contributed by atoms with E-state index in [2.05, 4.69) is 6.07 Å². The van der Waals surface area contributed by atoms with Crippen molar-refractivity contribution in [3.8, 4) is 17.6 Å². The molecule has 25 heavy (non-hydrogen) atoms. The lowest BCUT2D eigenvalue weighted by Crippen LogP contribution is -2.30. The van der Waals surface area contributed by atoms with Crippen LogP contribution in [0.1, 0.15) is 22.8 Å². The summed E-state index contributed by atoms with van der Waals surface area (Å²) in [6.45, 7) is 2.58. The Labute approximate surface area is 148 Å². The molecule has 0 bridgehead atoms. The molecular weight excluding hydrogens is 316 g/mol. The third-order valence-electron chi connectivity index (χ3n) is 3.76. The summed E-state index contributed by atoms with van der Waals surface area (Å²) in [5.41, 5.74) is 1.55. The third kappa shape index (κ3) is 4.98. The highest BCUT2D eigenvalue weighted by Crippen LogP contribution is 2.29. The van der Waals surface area contributed by atoms with Crippen molar-refractivity contribution in [1.82, 2.24) is 4.90 Å². The van der Waals surface area contributed by atoms with Gasteiger partial charge in [0, 0.05) is 19.2 Å². The first-order valence-electron chi connectivity index (χ1n) is 8.05. The van der Waals surface area contributed by atoms with Crippen LogP contribution in [0.4, 0.5) is 0 Å². The number of ether oxygens (including phenoxy) is 2. The van der Waals surface area contributed by atoms with Crippen molar-refractivity contribution < 1.29 is 14.3 Å². The molecule has 0 aliphatic carbocycles. The zero-order chi connectivity index (χ0) is 18.2. The number of amides is 1. The molecule has 0 N–H and O–H groups in total. The Morgan fingerprint density at radius 2 is 1.92 bits per heavy atom. The molecule has 0 aliphatic rings. The highest BCUT2D eigenvalue weighted by molar-refractivity contribution is 5.94. The molecule has 5 heteroatoms. The fourth-order valence-electron chi connectivity index (χ4n) is 2.41. The van der Waals surface area contributed by atoms with Crippen LogP contribution >= 0.6 is 0 Å². The fraction of sp³-hybridized carbons (Fsp3) is 0.300. The minimum atomic E-state index is -0.218. The van der Waals surface area contributed by atoms with Gasteiger partial charge in [-0.1, -0.05) is 30.3 Å². The number of methoxy groups -OCH3 is 1. The Balaban J connectivity index is 2.10. The minimum Gasteiger partial charge on any atom is -0.493 e. The van der Waals surface area contributed by atoms with Crippen LogP contribution in [0.3, 0.4) is 0 Å². The molecule has 0 saturated heterocycles. The summed E-state index contributed by atoms with van der Waals surface area (Å²) in [4.78, 5) is 14.0. The van der Waals surface area contributed by atoms with E-state index in [-0.39, 0.29) is 11.8 Å². The molecule has 2 aromatic carbocycles. The van der Waals surface area contributed by atoms with Gasteiger partial charge in [-0.15, -0.1) is 0 Å². The van der Waals surface area contributed by atoms with E-state index >= 15 is 0 Å². The number of hydrogen-bond donors (Lipinski definition) is 0. The van der Waals surface area contributed by atoms with Crippen LogP contribution in [0.2, 0.25) is 0 Å². The number of carbonyl (C=O) groups excluding carboxylic acids is 1. The van der Waals surface area contributed by atoms with Crippen molar-refractivity contribution in [1.29, 1.82) is 5.26 Å². The quantitative estimate of drug-likeness (QED) is 0.775. The van der Waals surface area contributed by atoms with Gasteiger partial charge >= 0.3 is 0 Å². The Morgan fingerprint density at radius 1 is 1.20 bits per heavy atom. The molecule has 5 nitrogen and oxygen atoms in total. The van der Waals surface area contributed by atoms with Gasteiger partial charge < -0.3 is 14.4 Å². The number of nitriles is 1. The number of benzene rings is 2. The largest absolute Gasteiger partial charge is 0.493 e. The summed E-state index contributed by atoms with van der Waals surface area (Å²) >= 11 is 0. The van der Waals surface area contributed by atoms with Crippen molar-refractivity contribution in [2.24, 2.45) is 5.92 Å². The Kier molecular flexibility index (Phi) is 6.41. The Hall–Kier alpha value is -3.00. The average Bonchev–Trinajstić information content (AvgIpc) is 2.66. The van der Waals surface area contributed by atoms with Gasteiger partial charge in [0.25, 0.3) is 5.91 Å². The Morgan fingerprint density at radius 3 is 2.56 bits per heavy atom. The second kappa shape index (κ2) is 8.74. The highest BCUT2D eigenvalue weighted by atomic mass is 16.5. The standard InChI is InChI=1S/C20H22N2O3/c1-15(12-21)13-22(2)20(23)17-9-10-18(19(11-17)24-3)25-14-16-7-5-4-6-8-16/h4-11,15H,13-14H2,1-3H3. The number of nitrogens with zero attached hydrogens (tertiary/aromatic N) is 2. The van der Waals surface area contributed by atoms with Crippen LogP contribution in [-0.2, 0) is 6.61 Å². The molecule has 0 heterocycles. The van der Waals surface area contributed by atoms with Crippen molar-refractivity contribution >= 4 is 5.91 Å². The second-order valence-corrected chi connectivity index (χ2v) is 5.86. The van der Waals surface area contributed by atoms with Crippen molar-refractivity contribution in [3.05, 3.63) is 59.7 Å². The van der Waals surface area contributed by atoms with Gasteiger partial charge in [-0.05, 0) is 30.7 Å². The van der Waals surface area contributed by atoms with Crippen LogP contribution in [0.5, 0.6) is 11.5 Å². The zero-order valence-electron chi connectivity index (χ0n) is 14.7. The summed E-state index contributed by atoms with van der Waals surface area (Å²) in [6, 6.07) is 17.1. The highest BCUT2D eigenvalue weighted by Gasteiger charge is 2.16. The summed E-state index contributed by atoms with van der Waals surface area (Å²) in [5, 5.41) is 8.88. The average molecular weight is 338 g/mol. The maximum atomic E-state index is 12.5. The van der Waals surface area contributed by atoms with Crippen LogP contribution in [-0.4, -0.2) is 31.5 Å². The summed E-state index contributed by atoms with van der Waals surface area (Å²) in [5.74, 6) is 0.707. The van der Waals surface area contributed by atoms with Gasteiger partial charge in [-0.2, -0.15) is 5.26 Å². The molecule has 0 aliphatic heterocycles. The molecule has 2 rings (SSSR count). The topological polar surface area (TPSA) is 62.6 Å². The summed E-state index contributed by atoms with van der Waals surface area (Å²) in [7, 11) is 3.23. The van der Waals surface area contributed by atoms with Gasteiger partial charge in [0.2, 0.25) is 0 Å². The summed E-state index contributed by atoms with van der Waals surface area (Å²) < 4.78 is 11.2. The zero-order valence-corrected chi connectivity index (χ0v) is 14.7. The van der Waals surface area contributed by atoms with E-state index < -0.39 is 0 Å². The normalized spacial score (nSPS) is 11.3. The van der Waals surface area contributed by atoms with E-state index in [1.54, 1.807) is 39.3 Å². The van der Waals surface area contributed by atoms with Gasteiger partial charge in [0.05, 0.1) is 19.1 Å². The van der Waals surface area contributed by atoms with Crippen LogP contribution < -0.4 is 9.47 Å². The maximum Gasteiger partial charge on any atom is 0.253 e. The molecule has 130 valence electrons. The molecule has 1 amide bonds. The maximum absolute atomic E-state index is 12.5. The van der Waals surface area contributed by atoms with Gasteiger partial charge in [0.15, 0.2) is 11.5 Å².